The van der Waals surface area contributed by atoms with Crippen molar-refractivity contribution in [2.75, 3.05) is 45.3 Å². The highest BCUT2D eigenvalue weighted by Crippen LogP contribution is 2.47. The third kappa shape index (κ3) is 16.5. The summed E-state index contributed by atoms with van der Waals surface area (Å²) in [6.07, 6.45) is 13.8. The van der Waals surface area contributed by atoms with Crippen LogP contribution in [-0.2, 0) is 42.9 Å². The summed E-state index contributed by atoms with van der Waals surface area (Å²) < 4.78 is 60.0. The van der Waals surface area contributed by atoms with Gasteiger partial charge < -0.3 is 18.2 Å². The number of imidazole rings is 2. The zero-order valence-corrected chi connectivity index (χ0v) is 49.3. The monoisotopic (exact) mass is 1180 g/mol. The van der Waals surface area contributed by atoms with Crippen molar-refractivity contribution in [3.05, 3.63) is 210 Å². The van der Waals surface area contributed by atoms with E-state index < -0.39 is 20.2 Å². The van der Waals surface area contributed by atoms with Crippen LogP contribution in [0.25, 0.3) is 0 Å². The fourth-order valence-electron chi connectivity index (χ4n) is 10.9. The third-order valence-corrected chi connectivity index (χ3v) is 16.8. The van der Waals surface area contributed by atoms with Gasteiger partial charge in [0.05, 0.1) is 69.3 Å². The number of fused-ring (bicyclic) bond motifs is 3. The smallest absolute Gasteiger partial charge is 0.264 e. The normalized spacial score (nSPS) is 17.8. The average Bonchev–Trinajstić information content (AvgIpc) is 4.13. The van der Waals surface area contributed by atoms with Crippen LogP contribution >= 0.6 is 46.4 Å². The Morgan fingerprint density at radius 2 is 1.03 bits per heavy atom. The van der Waals surface area contributed by atoms with Crippen molar-refractivity contribution in [1.29, 1.82) is 0 Å². The van der Waals surface area contributed by atoms with Crippen molar-refractivity contribution < 1.29 is 39.6 Å². The Morgan fingerprint density at radius 3 is 1.42 bits per heavy atom. The maximum Gasteiger partial charge on any atom is 0.264 e. The lowest BCUT2D eigenvalue weighted by Gasteiger charge is -2.55. The zero-order chi connectivity index (χ0) is 56.6. The van der Waals surface area contributed by atoms with Crippen LogP contribution in [0.2, 0.25) is 20.1 Å². The molecule has 3 aliphatic heterocycles. The summed E-state index contributed by atoms with van der Waals surface area (Å²) in [7, 11) is -7.48. The minimum absolute atomic E-state index is 0.00119. The second kappa shape index (κ2) is 25.9. The molecule has 78 heavy (non-hydrogen) atoms. The summed E-state index contributed by atoms with van der Waals surface area (Å²) in [6.45, 7) is 13.8. The number of carbonyl (C=O) groups is 2. The quantitative estimate of drug-likeness (QED) is 0.0349. The number of aryl methyl sites for hydroxylation is 4. The molecule has 7 aromatic rings. The molecule has 0 aliphatic carbocycles. The first-order valence-electron chi connectivity index (χ1n) is 25.6. The molecule has 3 aliphatic rings. The number of halogens is 4. The van der Waals surface area contributed by atoms with Gasteiger partial charge in [0, 0.05) is 98.2 Å². The molecule has 414 valence electrons. The molecule has 5 heterocycles. The number of nitrogens with zero attached hydrogens (tertiary/aromatic N) is 5. The highest BCUT2D eigenvalue weighted by atomic mass is 35.5. The molecule has 2 bridgehead atoms. The Bertz CT molecular complexity index is 3420. The van der Waals surface area contributed by atoms with Crippen LogP contribution in [-0.4, -0.2) is 102 Å². The molecule has 0 radical (unpaired) electrons. The molecule has 2 atom stereocenters. The second-order valence-electron chi connectivity index (χ2n) is 20.9. The number of carbonyl (C=O) groups excluding carboxylic acids is 2. The summed E-state index contributed by atoms with van der Waals surface area (Å²) >= 11 is 25.1. The molecule has 0 spiro atoms. The van der Waals surface area contributed by atoms with Crippen molar-refractivity contribution in [2.24, 2.45) is 0 Å². The molecule has 3 fully saturated rings. The van der Waals surface area contributed by atoms with Crippen molar-refractivity contribution in [3.8, 4) is 0 Å². The van der Waals surface area contributed by atoms with Crippen LogP contribution in [0, 0.1) is 27.7 Å². The van der Waals surface area contributed by atoms with E-state index in [1.165, 1.54) is 48.9 Å². The number of quaternary nitrogens is 1. The van der Waals surface area contributed by atoms with Crippen LogP contribution in [0.4, 0.5) is 0 Å². The summed E-state index contributed by atoms with van der Waals surface area (Å²) in [6, 6.07) is 34.1. The predicted octanol–water partition coefficient (Wildman–Crippen LogP) is 12.5. The van der Waals surface area contributed by atoms with E-state index in [-0.39, 0.29) is 30.0 Å². The van der Waals surface area contributed by atoms with E-state index in [9.17, 15) is 18.0 Å². The van der Waals surface area contributed by atoms with Gasteiger partial charge in [-0.1, -0.05) is 123 Å². The largest absolute Gasteiger partial charge is 0.748 e. The van der Waals surface area contributed by atoms with Crippen LogP contribution in [0.5, 0.6) is 0 Å². The van der Waals surface area contributed by atoms with Gasteiger partial charge in [0.25, 0.3) is 10.1 Å². The predicted molar refractivity (Wildman–Crippen MR) is 309 cm³/mol. The van der Waals surface area contributed by atoms with E-state index in [2.05, 4.69) is 52.4 Å². The molecule has 0 amide bonds. The second-order valence-corrected chi connectivity index (χ2v) is 25.6. The lowest BCUT2D eigenvalue weighted by Crippen LogP contribution is -2.63. The van der Waals surface area contributed by atoms with Crippen LogP contribution < -0.4 is 0 Å². The van der Waals surface area contributed by atoms with Gasteiger partial charge in [-0.2, -0.15) is 8.42 Å². The molecule has 2 aromatic heterocycles. The molecule has 3 saturated heterocycles. The Kier molecular flexibility index (Phi) is 20.1. The fraction of sp³-hybridized carbons (Fsp3) is 0.356. The molecule has 10 rings (SSSR count). The number of piperidine rings is 3. The van der Waals surface area contributed by atoms with E-state index in [0.29, 0.717) is 74.0 Å². The molecule has 0 N–H and O–H groups in total. The Morgan fingerprint density at radius 1 is 0.615 bits per heavy atom. The number of hydrogen-bond acceptors (Lipinski definition) is 10. The van der Waals surface area contributed by atoms with Crippen LogP contribution in [0.15, 0.2) is 128 Å². The number of aromatic nitrogens is 4. The summed E-state index contributed by atoms with van der Waals surface area (Å²) in [4.78, 5) is 35.6. The first kappa shape index (κ1) is 60.4. The number of rotatable bonds is 18. The van der Waals surface area contributed by atoms with Crippen molar-refractivity contribution >= 4 is 78.2 Å². The van der Waals surface area contributed by atoms with Crippen LogP contribution in [0.1, 0.15) is 115 Å². The zero-order valence-electron chi connectivity index (χ0n) is 44.6. The van der Waals surface area contributed by atoms with Gasteiger partial charge in [-0.3, -0.25) is 13.8 Å². The van der Waals surface area contributed by atoms with E-state index in [1.807, 2.05) is 87.0 Å². The van der Waals surface area contributed by atoms with Crippen LogP contribution in [0.3, 0.4) is 0 Å². The number of ketones is 2. The van der Waals surface area contributed by atoms with Gasteiger partial charge in [-0.05, 0) is 99.3 Å². The highest BCUT2D eigenvalue weighted by Gasteiger charge is 2.49. The standard InChI is InChI=1S/C35H38Cl2N3O.C23H24Cl2N2O4S.CH4O3S/c1-25-20-26(2)22-29(21-25)33(41)34-38-14-15-39(34)24-28(27-8-9-31(36)32(37)23-27)10-16-40-17-11-35(12-18-40,13-19-40)30-6-4-3-5-7-30;1-15-10-16(2)12-19(11-15)22(28)23-26-7-8-27(23)14-18(6-9-31-32(3,29)30)17-4-5-20(24)21(25)13-17;1-5(2,3)4/h3-9,14-15,20-23,28H,10-13,16-19,24H2,1-2H3;4-5,7-8,10-13,18H,6,9,14H2,1-3H3;1H3,(H,2,3,4)/q+1;;/p-1. The van der Waals surface area contributed by atoms with E-state index >= 15 is 0 Å². The maximum atomic E-state index is 13.6. The summed E-state index contributed by atoms with van der Waals surface area (Å²) in [5.41, 5.74) is 9.29. The Labute approximate surface area is 479 Å². The topological polar surface area (TPSA) is 170 Å². The SMILES string of the molecule is CS(=O)(=O)[O-].Cc1cc(C)cc(C(=O)c2nccn2CC(CCOS(C)(=O)=O)c2ccc(Cl)c(Cl)c2)c1.Cc1cc(C)cc(C(=O)c2nccn2CC(CC[N+]23CCC(c4ccccc4)(CC2)CC3)c2ccc(Cl)c(Cl)c2)c1. The minimum Gasteiger partial charge on any atom is -0.748 e. The van der Waals surface area contributed by atoms with Crippen molar-refractivity contribution in [3.63, 3.8) is 0 Å². The van der Waals surface area contributed by atoms with Gasteiger partial charge in [0.2, 0.25) is 11.6 Å². The van der Waals surface area contributed by atoms with Gasteiger partial charge in [-0.15, -0.1) is 0 Å². The fourth-order valence-corrected chi connectivity index (χ4v) is 11.9. The average molecular weight is 1180 g/mol. The van der Waals surface area contributed by atoms with Gasteiger partial charge in [-0.25, -0.2) is 18.4 Å². The molecular weight excluding hydrogens is 1110 g/mol. The van der Waals surface area contributed by atoms with Crippen molar-refractivity contribution in [2.45, 2.75) is 90.1 Å². The number of benzene rings is 5. The van der Waals surface area contributed by atoms with E-state index in [1.54, 1.807) is 35.3 Å². The maximum absolute atomic E-state index is 13.6. The molecule has 5 aromatic carbocycles. The van der Waals surface area contributed by atoms with Crippen molar-refractivity contribution in [1.82, 2.24) is 19.1 Å². The molecule has 19 heteroatoms. The van der Waals surface area contributed by atoms with Gasteiger partial charge >= 0.3 is 0 Å². The minimum atomic E-state index is -3.92. The van der Waals surface area contributed by atoms with E-state index in [0.717, 1.165) is 52.6 Å². The Hall–Kier alpha value is -5.20. The lowest BCUT2D eigenvalue weighted by atomic mass is 9.66. The first-order valence-corrected chi connectivity index (χ1v) is 30.8. The Balaban J connectivity index is 0.000000214. The van der Waals surface area contributed by atoms with E-state index in [4.69, 9.17) is 63.6 Å². The molecule has 13 nitrogen and oxygen atoms in total. The first-order chi connectivity index (χ1) is 36.8. The third-order valence-electron chi connectivity index (χ3n) is 14.8. The van der Waals surface area contributed by atoms with Gasteiger partial charge in [0.15, 0.2) is 11.6 Å². The summed E-state index contributed by atoms with van der Waals surface area (Å²) in [5, 5.41) is 1.96. The molecule has 0 saturated carbocycles. The molecule has 2 unspecified atom stereocenters. The lowest BCUT2D eigenvalue weighted by molar-refractivity contribution is -0.943. The van der Waals surface area contributed by atoms with Gasteiger partial charge in [0.1, 0.15) is 0 Å². The number of hydrogen-bond donors (Lipinski definition) is 0. The molecular formula is C59H65Cl4N5O8S2. The summed E-state index contributed by atoms with van der Waals surface area (Å²) in [5.74, 6) is 0.564. The highest BCUT2D eigenvalue weighted by molar-refractivity contribution is 7.86.